The highest BCUT2D eigenvalue weighted by atomic mass is 35.5. The SMILES string of the molecule is Cc1cc(C)c(NC(=O)COC(=O)CCNS(=O)(=O)c2ccc(Cl)cc2)c(Cl)c1. The Morgan fingerprint density at radius 3 is 2.34 bits per heavy atom. The van der Waals surface area contributed by atoms with Crippen molar-refractivity contribution in [3.05, 3.63) is 57.6 Å². The van der Waals surface area contributed by atoms with Gasteiger partial charge in [0.1, 0.15) is 0 Å². The van der Waals surface area contributed by atoms with Gasteiger partial charge in [-0.3, -0.25) is 9.59 Å². The minimum Gasteiger partial charge on any atom is -0.456 e. The smallest absolute Gasteiger partial charge is 0.307 e. The van der Waals surface area contributed by atoms with Crippen LogP contribution in [-0.4, -0.2) is 33.4 Å². The number of sulfonamides is 1. The number of benzene rings is 2. The van der Waals surface area contributed by atoms with Crippen molar-refractivity contribution < 1.29 is 22.7 Å². The molecule has 0 heterocycles. The van der Waals surface area contributed by atoms with Crippen LogP contribution in [-0.2, 0) is 24.3 Å². The molecule has 0 aliphatic carbocycles. The fourth-order valence-electron chi connectivity index (χ4n) is 2.45. The highest BCUT2D eigenvalue weighted by molar-refractivity contribution is 7.89. The van der Waals surface area contributed by atoms with E-state index >= 15 is 0 Å². The number of aryl methyl sites for hydroxylation is 2. The maximum Gasteiger partial charge on any atom is 0.307 e. The quantitative estimate of drug-likeness (QED) is 0.589. The Labute approximate surface area is 179 Å². The van der Waals surface area contributed by atoms with Crippen molar-refractivity contribution in [1.29, 1.82) is 0 Å². The molecule has 0 saturated heterocycles. The van der Waals surface area contributed by atoms with Crippen LogP contribution in [0, 0.1) is 13.8 Å². The number of hydrogen-bond donors (Lipinski definition) is 2. The predicted molar refractivity (Wildman–Crippen MR) is 112 cm³/mol. The first-order valence-electron chi connectivity index (χ1n) is 8.56. The van der Waals surface area contributed by atoms with E-state index in [2.05, 4.69) is 10.0 Å². The summed E-state index contributed by atoms with van der Waals surface area (Å²) in [5, 5.41) is 3.39. The van der Waals surface area contributed by atoms with E-state index in [1.54, 1.807) is 13.0 Å². The maximum absolute atomic E-state index is 12.1. The molecule has 0 unspecified atom stereocenters. The summed E-state index contributed by atoms with van der Waals surface area (Å²) in [6.45, 7) is 3.00. The molecular formula is C19H20Cl2N2O5S. The summed E-state index contributed by atoms with van der Waals surface area (Å²) in [6, 6.07) is 9.18. The standard InChI is InChI=1S/C19H20Cl2N2O5S/c1-12-9-13(2)19(16(21)10-12)23-17(24)11-28-18(25)7-8-22-29(26,27)15-5-3-14(20)4-6-15/h3-6,9-10,22H,7-8,11H2,1-2H3,(H,23,24). The van der Waals surface area contributed by atoms with E-state index in [-0.39, 0.29) is 17.9 Å². The molecule has 0 spiro atoms. The number of rotatable bonds is 8. The number of hydrogen-bond acceptors (Lipinski definition) is 5. The Kier molecular flexibility index (Phi) is 8.04. The number of anilines is 1. The van der Waals surface area contributed by atoms with Crippen LogP contribution in [0.2, 0.25) is 10.0 Å². The summed E-state index contributed by atoms with van der Waals surface area (Å²) in [4.78, 5) is 23.8. The molecule has 156 valence electrons. The fourth-order valence-corrected chi connectivity index (χ4v) is 3.98. The molecule has 0 saturated carbocycles. The molecule has 2 aromatic rings. The van der Waals surface area contributed by atoms with Crippen molar-refractivity contribution in [2.45, 2.75) is 25.2 Å². The summed E-state index contributed by atoms with van der Waals surface area (Å²) in [6.07, 6.45) is -0.232. The van der Waals surface area contributed by atoms with Crippen molar-refractivity contribution in [2.75, 3.05) is 18.5 Å². The molecule has 10 heteroatoms. The van der Waals surface area contributed by atoms with Crippen LogP contribution >= 0.6 is 23.2 Å². The second-order valence-electron chi connectivity index (χ2n) is 6.25. The third kappa shape index (κ3) is 7.01. The van der Waals surface area contributed by atoms with E-state index in [4.69, 9.17) is 27.9 Å². The van der Waals surface area contributed by atoms with Crippen molar-refractivity contribution in [3.63, 3.8) is 0 Å². The third-order valence-electron chi connectivity index (χ3n) is 3.81. The molecule has 1 amide bonds. The van der Waals surface area contributed by atoms with Gasteiger partial charge < -0.3 is 10.1 Å². The molecule has 0 bridgehead atoms. The lowest BCUT2D eigenvalue weighted by Crippen LogP contribution is -2.28. The molecule has 0 atom stereocenters. The van der Waals surface area contributed by atoms with Gasteiger partial charge in [-0.2, -0.15) is 0 Å². The molecule has 2 N–H and O–H groups in total. The summed E-state index contributed by atoms with van der Waals surface area (Å²) in [5.74, 6) is -1.26. The van der Waals surface area contributed by atoms with E-state index in [9.17, 15) is 18.0 Å². The number of amides is 1. The average molecular weight is 459 g/mol. The van der Waals surface area contributed by atoms with Gasteiger partial charge in [0.2, 0.25) is 10.0 Å². The van der Waals surface area contributed by atoms with Gasteiger partial charge in [0, 0.05) is 11.6 Å². The number of nitrogens with one attached hydrogen (secondary N) is 2. The first-order chi connectivity index (χ1) is 13.6. The number of carbonyl (C=O) groups is 2. The monoisotopic (exact) mass is 458 g/mol. The predicted octanol–water partition coefficient (Wildman–Crippen LogP) is 3.46. The summed E-state index contributed by atoms with van der Waals surface area (Å²) in [5.41, 5.74) is 2.19. The van der Waals surface area contributed by atoms with Crippen LogP contribution in [0.5, 0.6) is 0 Å². The molecule has 0 aliphatic heterocycles. The van der Waals surface area contributed by atoms with Gasteiger partial charge in [-0.25, -0.2) is 13.1 Å². The van der Waals surface area contributed by atoms with Crippen molar-refractivity contribution in [3.8, 4) is 0 Å². The van der Waals surface area contributed by atoms with Crippen LogP contribution in [0.4, 0.5) is 5.69 Å². The molecule has 29 heavy (non-hydrogen) atoms. The fraction of sp³-hybridized carbons (Fsp3) is 0.263. The van der Waals surface area contributed by atoms with Gasteiger partial charge in [0.25, 0.3) is 5.91 Å². The summed E-state index contributed by atoms with van der Waals surface area (Å²) >= 11 is 11.8. The number of ether oxygens (including phenoxy) is 1. The zero-order valence-electron chi connectivity index (χ0n) is 15.8. The van der Waals surface area contributed by atoms with E-state index < -0.39 is 28.5 Å². The molecule has 2 rings (SSSR count). The first-order valence-corrected chi connectivity index (χ1v) is 10.8. The Balaban J connectivity index is 1.78. The van der Waals surface area contributed by atoms with Crippen LogP contribution in [0.3, 0.4) is 0 Å². The topological polar surface area (TPSA) is 102 Å². The summed E-state index contributed by atoms with van der Waals surface area (Å²) < 4.78 is 31.4. The normalized spacial score (nSPS) is 11.2. The zero-order chi connectivity index (χ0) is 21.6. The highest BCUT2D eigenvalue weighted by Gasteiger charge is 2.15. The van der Waals surface area contributed by atoms with Crippen LogP contribution in [0.15, 0.2) is 41.3 Å². The Morgan fingerprint density at radius 1 is 1.07 bits per heavy atom. The third-order valence-corrected chi connectivity index (χ3v) is 5.83. The van der Waals surface area contributed by atoms with Gasteiger partial charge in [-0.15, -0.1) is 0 Å². The lowest BCUT2D eigenvalue weighted by molar-refractivity contribution is -0.147. The van der Waals surface area contributed by atoms with Gasteiger partial charge in [-0.1, -0.05) is 29.3 Å². The maximum atomic E-state index is 12.1. The molecule has 0 radical (unpaired) electrons. The Bertz CT molecular complexity index is 985. The molecule has 0 fully saturated rings. The summed E-state index contributed by atoms with van der Waals surface area (Å²) in [7, 11) is -3.77. The van der Waals surface area contributed by atoms with Crippen molar-refractivity contribution >= 4 is 50.8 Å². The van der Waals surface area contributed by atoms with Crippen LogP contribution in [0.1, 0.15) is 17.5 Å². The van der Waals surface area contributed by atoms with E-state index in [0.717, 1.165) is 11.1 Å². The minimum atomic E-state index is -3.77. The molecule has 0 aliphatic rings. The highest BCUT2D eigenvalue weighted by Crippen LogP contribution is 2.27. The Morgan fingerprint density at radius 2 is 1.72 bits per heavy atom. The number of halogens is 2. The average Bonchev–Trinajstić information content (AvgIpc) is 2.63. The molecular weight excluding hydrogens is 439 g/mol. The van der Waals surface area contributed by atoms with Crippen molar-refractivity contribution in [1.82, 2.24) is 4.72 Å². The molecule has 7 nitrogen and oxygen atoms in total. The van der Waals surface area contributed by atoms with Crippen LogP contribution in [0.25, 0.3) is 0 Å². The van der Waals surface area contributed by atoms with E-state index in [1.807, 2.05) is 13.0 Å². The first kappa shape index (κ1) is 23.2. The largest absolute Gasteiger partial charge is 0.456 e. The number of esters is 1. The van der Waals surface area contributed by atoms with Gasteiger partial charge in [0.05, 0.1) is 22.0 Å². The Hall–Kier alpha value is -2.13. The van der Waals surface area contributed by atoms with Gasteiger partial charge in [0.15, 0.2) is 6.61 Å². The number of carbonyl (C=O) groups excluding carboxylic acids is 2. The van der Waals surface area contributed by atoms with E-state index in [1.165, 1.54) is 24.3 Å². The minimum absolute atomic E-state index is 0.0278. The second kappa shape index (κ2) is 10.1. The van der Waals surface area contributed by atoms with Crippen molar-refractivity contribution in [2.24, 2.45) is 0 Å². The second-order valence-corrected chi connectivity index (χ2v) is 8.86. The van der Waals surface area contributed by atoms with Gasteiger partial charge in [-0.05, 0) is 55.3 Å². The molecule has 0 aromatic heterocycles. The van der Waals surface area contributed by atoms with Crippen LogP contribution < -0.4 is 10.0 Å². The van der Waals surface area contributed by atoms with Gasteiger partial charge >= 0.3 is 5.97 Å². The van der Waals surface area contributed by atoms with E-state index in [0.29, 0.717) is 15.7 Å². The lowest BCUT2D eigenvalue weighted by Gasteiger charge is -2.12. The molecule has 2 aromatic carbocycles. The lowest BCUT2D eigenvalue weighted by atomic mass is 10.1. The zero-order valence-corrected chi connectivity index (χ0v) is 18.1.